The van der Waals surface area contributed by atoms with Crippen LogP contribution in [0.4, 0.5) is 0 Å². The number of aryl methyl sites for hydroxylation is 1. The Hall–Kier alpha value is -0.680. The first-order chi connectivity index (χ1) is 8.20. The van der Waals surface area contributed by atoms with Crippen molar-refractivity contribution in [2.45, 2.75) is 19.4 Å². The summed E-state index contributed by atoms with van der Waals surface area (Å²) in [5.74, 6) is 5.67. The van der Waals surface area contributed by atoms with Crippen LogP contribution >= 0.6 is 27.3 Å². The monoisotopic (exact) mass is 310 g/mol. The summed E-state index contributed by atoms with van der Waals surface area (Å²) in [5.41, 5.74) is 5.36. The fourth-order valence-electron chi connectivity index (χ4n) is 1.82. The van der Waals surface area contributed by atoms with Crippen molar-refractivity contribution in [1.82, 2.24) is 5.43 Å². The van der Waals surface area contributed by atoms with Crippen LogP contribution in [0, 0.1) is 6.92 Å². The molecule has 4 heteroatoms. The molecule has 0 bridgehead atoms. The summed E-state index contributed by atoms with van der Waals surface area (Å²) in [6.45, 7) is 2.09. The fourth-order valence-corrected chi connectivity index (χ4v) is 3.09. The lowest BCUT2D eigenvalue weighted by Crippen LogP contribution is -2.29. The minimum atomic E-state index is 0.142. The summed E-state index contributed by atoms with van der Waals surface area (Å²) >= 11 is 5.34. The largest absolute Gasteiger partial charge is 0.271 e. The molecule has 0 saturated heterocycles. The molecule has 0 saturated carbocycles. The van der Waals surface area contributed by atoms with Crippen LogP contribution in [0.15, 0.2) is 40.2 Å². The maximum Gasteiger partial charge on any atom is 0.0519 e. The third-order valence-corrected chi connectivity index (χ3v) is 4.33. The van der Waals surface area contributed by atoms with Crippen molar-refractivity contribution >= 4 is 27.3 Å². The number of nitrogens with one attached hydrogen (secondary N) is 1. The van der Waals surface area contributed by atoms with Crippen LogP contribution < -0.4 is 11.3 Å². The van der Waals surface area contributed by atoms with E-state index in [2.05, 4.69) is 64.0 Å². The van der Waals surface area contributed by atoms with Gasteiger partial charge in [0.15, 0.2) is 0 Å². The van der Waals surface area contributed by atoms with Gasteiger partial charge in [0, 0.05) is 15.8 Å². The lowest BCUT2D eigenvalue weighted by atomic mass is 10.0. The number of nitrogens with two attached hydrogens (primary N) is 1. The van der Waals surface area contributed by atoms with Crippen LogP contribution in [0.2, 0.25) is 0 Å². The Kier molecular flexibility index (Phi) is 4.34. The van der Waals surface area contributed by atoms with Gasteiger partial charge < -0.3 is 0 Å². The summed E-state index contributed by atoms with van der Waals surface area (Å²) < 4.78 is 1.10. The Labute approximate surface area is 114 Å². The molecular weight excluding hydrogens is 296 g/mol. The van der Waals surface area contributed by atoms with Gasteiger partial charge in [-0.25, -0.2) is 0 Å². The molecule has 2 nitrogen and oxygen atoms in total. The fraction of sp³-hybridized carbons (Fsp3) is 0.231. The van der Waals surface area contributed by atoms with Gasteiger partial charge >= 0.3 is 0 Å². The van der Waals surface area contributed by atoms with Gasteiger partial charge in [0.1, 0.15) is 0 Å². The molecule has 0 radical (unpaired) electrons. The standard InChI is InChI=1S/C13H15BrN2S/c1-9-4-5-12(14)11(7-9)13(16-15)8-10-3-2-6-17-10/h2-7,13,16H,8,15H2,1H3. The first kappa shape index (κ1) is 12.8. The Balaban J connectivity index is 2.25. The van der Waals surface area contributed by atoms with E-state index in [0.29, 0.717) is 0 Å². The predicted molar refractivity (Wildman–Crippen MR) is 77.0 cm³/mol. The predicted octanol–water partition coefficient (Wildman–Crippen LogP) is 3.57. The van der Waals surface area contributed by atoms with Crippen molar-refractivity contribution in [3.63, 3.8) is 0 Å². The van der Waals surface area contributed by atoms with Gasteiger partial charge in [-0.15, -0.1) is 11.3 Å². The van der Waals surface area contributed by atoms with Crippen molar-refractivity contribution in [2.75, 3.05) is 0 Å². The molecule has 1 unspecified atom stereocenters. The van der Waals surface area contributed by atoms with Gasteiger partial charge in [0.05, 0.1) is 6.04 Å². The van der Waals surface area contributed by atoms with Crippen molar-refractivity contribution in [2.24, 2.45) is 5.84 Å². The lowest BCUT2D eigenvalue weighted by molar-refractivity contribution is 0.553. The second-order valence-electron chi connectivity index (χ2n) is 4.03. The SMILES string of the molecule is Cc1ccc(Br)c(C(Cc2cccs2)NN)c1. The number of benzene rings is 1. The molecule has 0 aliphatic heterocycles. The van der Waals surface area contributed by atoms with E-state index in [4.69, 9.17) is 5.84 Å². The van der Waals surface area contributed by atoms with Gasteiger partial charge in [0.2, 0.25) is 0 Å². The maximum atomic E-state index is 5.67. The highest BCUT2D eigenvalue weighted by molar-refractivity contribution is 9.10. The molecule has 90 valence electrons. The van der Waals surface area contributed by atoms with Gasteiger partial charge in [-0.2, -0.15) is 0 Å². The van der Waals surface area contributed by atoms with Gasteiger partial charge in [0.25, 0.3) is 0 Å². The van der Waals surface area contributed by atoms with Crippen LogP contribution in [0.1, 0.15) is 22.0 Å². The zero-order valence-electron chi connectivity index (χ0n) is 9.61. The minimum absolute atomic E-state index is 0.142. The molecule has 1 atom stereocenters. The van der Waals surface area contributed by atoms with Crippen molar-refractivity contribution in [1.29, 1.82) is 0 Å². The normalized spacial score (nSPS) is 12.6. The Bertz CT molecular complexity index is 482. The van der Waals surface area contributed by atoms with Crippen LogP contribution in [-0.2, 0) is 6.42 Å². The summed E-state index contributed by atoms with van der Waals surface area (Å²) in [4.78, 5) is 1.33. The summed E-state index contributed by atoms with van der Waals surface area (Å²) in [6.07, 6.45) is 0.913. The van der Waals surface area contributed by atoms with Gasteiger partial charge in [-0.3, -0.25) is 11.3 Å². The molecular formula is C13H15BrN2S. The Morgan fingerprint density at radius 2 is 2.24 bits per heavy atom. The Morgan fingerprint density at radius 1 is 1.41 bits per heavy atom. The van der Waals surface area contributed by atoms with E-state index in [-0.39, 0.29) is 6.04 Å². The second-order valence-corrected chi connectivity index (χ2v) is 5.91. The molecule has 0 aliphatic carbocycles. The van der Waals surface area contributed by atoms with Crippen LogP contribution in [0.25, 0.3) is 0 Å². The zero-order valence-corrected chi connectivity index (χ0v) is 12.0. The average molecular weight is 311 g/mol. The maximum absolute atomic E-state index is 5.67. The van der Waals surface area contributed by atoms with E-state index >= 15 is 0 Å². The Morgan fingerprint density at radius 3 is 2.88 bits per heavy atom. The molecule has 0 aliphatic rings. The number of hydrazine groups is 1. The molecule has 0 fully saturated rings. The molecule has 1 heterocycles. The number of thiophene rings is 1. The smallest absolute Gasteiger partial charge is 0.0519 e. The van der Waals surface area contributed by atoms with Crippen molar-refractivity contribution in [3.05, 3.63) is 56.2 Å². The molecule has 17 heavy (non-hydrogen) atoms. The van der Waals surface area contributed by atoms with E-state index in [1.165, 1.54) is 16.0 Å². The van der Waals surface area contributed by atoms with Gasteiger partial charge in [-0.05, 0) is 30.0 Å². The highest BCUT2D eigenvalue weighted by Crippen LogP contribution is 2.27. The molecule has 2 rings (SSSR count). The number of rotatable bonds is 4. The summed E-state index contributed by atoms with van der Waals surface area (Å²) in [7, 11) is 0. The molecule has 1 aromatic carbocycles. The number of halogens is 1. The van der Waals surface area contributed by atoms with E-state index in [1.807, 2.05) is 0 Å². The molecule has 0 amide bonds. The van der Waals surface area contributed by atoms with Crippen LogP contribution in [0.3, 0.4) is 0 Å². The third kappa shape index (κ3) is 3.16. The van der Waals surface area contributed by atoms with E-state index in [9.17, 15) is 0 Å². The zero-order chi connectivity index (χ0) is 12.3. The van der Waals surface area contributed by atoms with Crippen LogP contribution in [-0.4, -0.2) is 0 Å². The second kappa shape index (κ2) is 5.78. The molecule has 3 N–H and O–H groups in total. The van der Waals surface area contributed by atoms with Crippen molar-refractivity contribution in [3.8, 4) is 0 Å². The lowest BCUT2D eigenvalue weighted by Gasteiger charge is -2.17. The van der Waals surface area contributed by atoms with E-state index in [1.54, 1.807) is 11.3 Å². The van der Waals surface area contributed by atoms with Gasteiger partial charge in [-0.1, -0.05) is 39.7 Å². The minimum Gasteiger partial charge on any atom is -0.271 e. The number of hydrogen-bond donors (Lipinski definition) is 2. The molecule has 2 aromatic rings. The number of hydrogen-bond acceptors (Lipinski definition) is 3. The topological polar surface area (TPSA) is 38.0 Å². The average Bonchev–Trinajstić information content (AvgIpc) is 2.82. The summed E-state index contributed by atoms with van der Waals surface area (Å²) in [5, 5.41) is 2.09. The quantitative estimate of drug-likeness (QED) is 0.669. The highest BCUT2D eigenvalue weighted by atomic mass is 79.9. The first-order valence-electron chi connectivity index (χ1n) is 5.45. The van der Waals surface area contributed by atoms with Crippen molar-refractivity contribution < 1.29 is 0 Å². The van der Waals surface area contributed by atoms with Crippen LogP contribution in [0.5, 0.6) is 0 Å². The molecule has 1 aromatic heterocycles. The van der Waals surface area contributed by atoms with E-state index < -0.39 is 0 Å². The highest BCUT2D eigenvalue weighted by Gasteiger charge is 2.14. The third-order valence-electron chi connectivity index (χ3n) is 2.71. The first-order valence-corrected chi connectivity index (χ1v) is 7.12. The molecule has 0 spiro atoms. The van der Waals surface area contributed by atoms with E-state index in [0.717, 1.165) is 10.9 Å². The summed E-state index contributed by atoms with van der Waals surface area (Å²) in [6, 6.07) is 10.7.